The monoisotopic (exact) mass is 496 g/mol. The molecular formula is C22H19F3N2O6S. The summed E-state index contributed by atoms with van der Waals surface area (Å²) in [6.07, 6.45) is -2.91. The molecule has 34 heavy (non-hydrogen) atoms. The molecule has 0 aromatic heterocycles. The summed E-state index contributed by atoms with van der Waals surface area (Å²) in [5, 5.41) is 2.37. The molecule has 0 fully saturated rings. The molecule has 1 heterocycles. The van der Waals surface area contributed by atoms with Crippen LogP contribution in [-0.4, -0.2) is 59.6 Å². The van der Waals surface area contributed by atoms with Crippen LogP contribution < -0.4 is 10.1 Å². The number of esters is 1. The standard InChI is InChI=1S/C22H19F3N2O6S/c1-34-11-10-17(27-19(29)15-4-2-3-5-16(15)20(27)30)21(31)32-12-18(28)26-13-6-8-14(9-7-13)33-22(23,24)25/h2-9,17H,10-12H2,1H3,(H,26,28)/t17-/m1/s1. The second-order valence-corrected chi connectivity index (χ2v) is 8.04. The zero-order valence-corrected chi connectivity index (χ0v) is 18.6. The third-order valence-corrected chi connectivity index (χ3v) is 5.37. The number of carbonyl (C=O) groups excluding carboxylic acids is 4. The molecule has 0 aliphatic carbocycles. The SMILES string of the molecule is CSCC[C@H](C(=O)OCC(=O)Nc1ccc(OC(F)(F)F)cc1)N1C(=O)c2ccccc2C1=O. The fourth-order valence-electron chi connectivity index (χ4n) is 3.24. The Morgan fingerprint density at radius 2 is 1.62 bits per heavy atom. The normalized spacial score (nSPS) is 13.9. The number of amides is 3. The molecule has 0 radical (unpaired) electrons. The molecule has 0 spiro atoms. The lowest BCUT2D eigenvalue weighted by atomic mass is 10.1. The third-order valence-electron chi connectivity index (χ3n) is 4.72. The summed E-state index contributed by atoms with van der Waals surface area (Å²) >= 11 is 1.41. The maximum absolute atomic E-state index is 12.7. The topological polar surface area (TPSA) is 102 Å². The Morgan fingerprint density at radius 1 is 1.03 bits per heavy atom. The van der Waals surface area contributed by atoms with Crippen molar-refractivity contribution in [1.29, 1.82) is 0 Å². The van der Waals surface area contributed by atoms with Crippen LogP contribution in [0.2, 0.25) is 0 Å². The summed E-state index contributed by atoms with van der Waals surface area (Å²) in [5.41, 5.74) is 0.519. The zero-order valence-electron chi connectivity index (χ0n) is 17.8. The Hall–Kier alpha value is -3.54. The number of hydrogen-bond acceptors (Lipinski definition) is 7. The lowest BCUT2D eigenvalue weighted by Crippen LogP contribution is -2.46. The van der Waals surface area contributed by atoms with Crippen LogP contribution in [-0.2, 0) is 14.3 Å². The maximum atomic E-state index is 12.7. The van der Waals surface area contributed by atoms with Crippen molar-refractivity contribution in [1.82, 2.24) is 4.90 Å². The lowest BCUT2D eigenvalue weighted by Gasteiger charge is -2.24. The van der Waals surface area contributed by atoms with Crippen LogP contribution in [0.3, 0.4) is 0 Å². The summed E-state index contributed by atoms with van der Waals surface area (Å²) in [7, 11) is 0. The van der Waals surface area contributed by atoms with E-state index < -0.39 is 48.5 Å². The fraction of sp³-hybridized carbons (Fsp3) is 0.273. The van der Waals surface area contributed by atoms with E-state index in [1.54, 1.807) is 18.4 Å². The molecule has 2 aromatic carbocycles. The minimum absolute atomic E-state index is 0.133. The van der Waals surface area contributed by atoms with Gasteiger partial charge in [-0.05, 0) is 54.8 Å². The molecule has 180 valence electrons. The van der Waals surface area contributed by atoms with Crippen molar-refractivity contribution in [2.75, 3.05) is 23.9 Å². The summed E-state index contributed by atoms with van der Waals surface area (Å²) in [6, 6.07) is 9.36. The van der Waals surface area contributed by atoms with Crippen LogP contribution in [0.4, 0.5) is 18.9 Å². The quantitative estimate of drug-likeness (QED) is 0.419. The molecule has 0 bridgehead atoms. The molecule has 1 atom stereocenters. The molecule has 3 rings (SSSR count). The first kappa shape index (κ1) is 25.1. The highest BCUT2D eigenvalue weighted by atomic mass is 32.2. The van der Waals surface area contributed by atoms with Crippen LogP contribution in [0.15, 0.2) is 48.5 Å². The molecule has 12 heteroatoms. The highest BCUT2D eigenvalue weighted by Crippen LogP contribution is 2.27. The van der Waals surface area contributed by atoms with Gasteiger partial charge in [0, 0.05) is 5.69 Å². The van der Waals surface area contributed by atoms with E-state index in [2.05, 4.69) is 10.1 Å². The number of halogens is 3. The van der Waals surface area contributed by atoms with E-state index in [4.69, 9.17) is 4.74 Å². The van der Waals surface area contributed by atoms with Crippen molar-refractivity contribution in [3.63, 3.8) is 0 Å². The Morgan fingerprint density at radius 3 is 2.15 bits per heavy atom. The number of ether oxygens (including phenoxy) is 2. The maximum Gasteiger partial charge on any atom is 0.573 e. The van der Waals surface area contributed by atoms with Crippen molar-refractivity contribution in [3.8, 4) is 5.75 Å². The van der Waals surface area contributed by atoms with Crippen molar-refractivity contribution in [2.45, 2.75) is 18.8 Å². The number of fused-ring (bicyclic) bond motifs is 1. The van der Waals surface area contributed by atoms with E-state index in [1.165, 1.54) is 36.0 Å². The molecule has 1 aliphatic rings. The van der Waals surface area contributed by atoms with Crippen LogP contribution in [0.5, 0.6) is 5.75 Å². The van der Waals surface area contributed by atoms with Gasteiger partial charge in [0.1, 0.15) is 11.8 Å². The Balaban J connectivity index is 1.61. The molecule has 1 N–H and O–H groups in total. The van der Waals surface area contributed by atoms with Crippen molar-refractivity contribution < 1.29 is 41.8 Å². The van der Waals surface area contributed by atoms with Crippen LogP contribution in [0.1, 0.15) is 27.1 Å². The molecule has 1 aliphatic heterocycles. The number of alkyl halides is 3. The van der Waals surface area contributed by atoms with Gasteiger partial charge in [-0.25, -0.2) is 4.79 Å². The summed E-state index contributed by atoms with van der Waals surface area (Å²) in [4.78, 5) is 51.2. The highest BCUT2D eigenvalue weighted by molar-refractivity contribution is 7.98. The van der Waals surface area contributed by atoms with Crippen LogP contribution in [0, 0.1) is 0 Å². The van der Waals surface area contributed by atoms with Crippen LogP contribution >= 0.6 is 11.8 Å². The third kappa shape index (κ3) is 6.07. The predicted octanol–water partition coefficient (Wildman–Crippen LogP) is 3.48. The van der Waals surface area contributed by atoms with Gasteiger partial charge in [0.2, 0.25) is 0 Å². The molecule has 8 nitrogen and oxygen atoms in total. The van der Waals surface area contributed by atoms with Gasteiger partial charge in [-0.2, -0.15) is 11.8 Å². The number of imide groups is 1. The second-order valence-electron chi connectivity index (χ2n) is 7.05. The van der Waals surface area contributed by atoms with Crippen molar-refractivity contribution >= 4 is 41.1 Å². The van der Waals surface area contributed by atoms with E-state index in [9.17, 15) is 32.3 Å². The van der Waals surface area contributed by atoms with Crippen molar-refractivity contribution in [3.05, 3.63) is 59.7 Å². The largest absolute Gasteiger partial charge is 0.573 e. The van der Waals surface area contributed by atoms with Gasteiger partial charge in [0.15, 0.2) is 6.61 Å². The van der Waals surface area contributed by atoms with Gasteiger partial charge < -0.3 is 14.8 Å². The summed E-state index contributed by atoms with van der Waals surface area (Å²) in [5.74, 6) is -2.93. The molecule has 0 saturated heterocycles. The minimum Gasteiger partial charge on any atom is -0.454 e. The van der Waals surface area contributed by atoms with Gasteiger partial charge in [0.05, 0.1) is 11.1 Å². The summed E-state index contributed by atoms with van der Waals surface area (Å²) < 4.78 is 45.5. The number of benzene rings is 2. The highest BCUT2D eigenvalue weighted by Gasteiger charge is 2.43. The van der Waals surface area contributed by atoms with Gasteiger partial charge in [-0.15, -0.1) is 13.2 Å². The molecule has 3 amide bonds. The first-order valence-corrected chi connectivity index (χ1v) is 11.3. The lowest BCUT2D eigenvalue weighted by molar-refractivity contribution is -0.274. The van der Waals surface area contributed by atoms with Crippen LogP contribution in [0.25, 0.3) is 0 Å². The van der Waals surface area contributed by atoms with E-state index >= 15 is 0 Å². The van der Waals surface area contributed by atoms with Gasteiger partial charge in [0.25, 0.3) is 17.7 Å². The van der Waals surface area contributed by atoms with E-state index in [0.29, 0.717) is 5.75 Å². The van der Waals surface area contributed by atoms with Gasteiger partial charge >= 0.3 is 12.3 Å². The second kappa shape index (κ2) is 10.6. The number of thioether (sulfide) groups is 1. The van der Waals surface area contributed by atoms with E-state index in [1.807, 2.05) is 0 Å². The fourth-order valence-corrected chi connectivity index (χ4v) is 3.70. The Kier molecular flexibility index (Phi) is 7.82. The van der Waals surface area contributed by atoms with Crippen molar-refractivity contribution in [2.24, 2.45) is 0 Å². The number of nitrogens with zero attached hydrogens (tertiary/aromatic N) is 1. The number of anilines is 1. The Bertz CT molecular complexity index is 1060. The molecule has 0 saturated carbocycles. The zero-order chi connectivity index (χ0) is 24.9. The smallest absolute Gasteiger partial charge is 0.454 e. The minimum atomic E-state index is -4.84. The predicted molar refractivity (Wildman–Crippen MR) is 116 cm³/mol. The first-order chi connectivity index (χ1) is 16.1. The number of hydrogen-bond donors (Lipinski definition) is 1. The average Bonchev–Trinajstić information content (AvgIpc) is 3.04. The van der Waals surface area contributed by atoms with E-state index in [-0.39, 0.29) is 23.2 Å². The van der Waals surface area contributed by atoms with Gasteiger partial charge in [-0.1, -0.05) is 12.1 Å². The van der Waals surface area contributed by atoms with Gasteiger partial charge in [-0.3, -0.25) is 19.3 Å². The number of carbonyl (C=O) groups is 4. The van der Waals surface area contributed by atoms with E-state index in [0.717, 1.165) is 17.0 Å². The number of rotatable bonds is 9. The molecule has 0 unspecified atom stereocenters. The average molecular weight is 496 g/mol. The number of nitrogens with one attached hydrogen (secondary N) is 1. The molecular weight excluding hydrogens is 477 g/mol. The first-order valence-electron chi connectivity index (χ1n) is 9.89. The summed E-state index contributed by atoms with van der Waals surface area (Å²) in [6.45, 7) is -0.724. The molecule has 2 aromatic rings. The Labute approximate surface area is 196 Å².